The molecule has 0 unspecified atom stereocenters. The summed E-state index contributed by atoms with van der Waals surface area (Å²) in [4.78, 5) is 47.9. The predicted molar refractivity (Wildman–Crippen MR) is 166 cm³/mol. The number of ketones is 2. The minimum atomic E-state index is -1.77. The first-order valence-electron chi connectivity index (χ1n) is 14.7. The molecule has 0 aliphatic rings. The predicted octanol–water partition coefficient (Wildman–Crippen LogP) is 7.39. The highest BCUT2D eigenvalue weighted by molar-refractivity contribution is 6.84. The van der Waals surface area contributed by atoms with Crippen LogP contribution in [0.4, 0.5) is 0 Å². The molecule has 0 aromatic heterocycles. The van der Waals surface area contributed by atoms with Crippen LogP contribution < -0.4 is 0 Å². The van der Waals surface area contributed by atoms with Crippen LogP contribution >= 0.6 is 0 Å². The second kappa shape index (κ2) is 17.8. The van der Waals surface area contributed by atoms with Crippen LogP contribution in [0.15, 0.2) is 60.7 Å². The zero-order valence-electron chi connectivity index (χ0n) is 25.1. The van der Waals surface area contributed by atoms with E-state index in [1.54, 1.807) is 60.7 Å². The zero-order valence-corrected chi connectivity index (χ0v) is 27.1. The maximum Gasteiger partial charge on any atom is 0.379 e. The number of ether oxygens (including phenoxy) is 2. The van der Waals surface area contributed by atoms with Crippen molar-refractivity contribution in [1.82, 2.24) is 0 Å². The molecule has 2 rings (SSSR count). The van der Waals surface area contributed by atoms with Gasteiger partial charge in [0.2, 0.25) is 0 Å². The molecule has 0 aliphatic heterocycles. The fourth-order valence-electron chi connectivity index (χ4n) is 4.74. The first-order chi connectivity index (χ1) is 19.5. The Morgan fingerprint density at radius 1 is 0.512 bits per heavy atom. The van der Waals surface area contributed by atoms with Crippen molar-refractivity contribution in [2.24, 2.45) is 0 Å². The molecule has 0 fully saturated rings. The molecule has 9 heteroatoms. The molecule has 7 nitrogen and oxygen atoms in total. The summed E-state index contributed by atoms with van der Waals surface area (Å²) in [5.41, 5.74) is 0.708. The lowest BCUT2D eigenvalue weighted by Crippen LogP contribution is -2.44. The van der Waals surface area contributed by atoms with Crippen molar-refractivity contribution in [2.45, 2.75) is 89.6 Å². The van der Waals surface area contributed by atoms with E-state index in [0.29, 0.717) is 11.1 Å². The largest absolute Gasteiger partial charge is 0.460 e. The molecule has 0 saturated heterocycles. The molecule has 2 aromatic carbocycles. The topological polar surface area (TPSA) is 96.0 Å². The monoisotopic (exact) mass is 598 g/mol. The number of carbonyl (C=O) groups excluding carboxylic acids is 4. The number of hydrogen-bond acceptors (Lipinski definition) is 7. The number of hydrogen-bond donors (Lipinski definition) is 0. The lowest BCUT2D eigenvalue weighted by atomic mass is 10.1. The van der Waals surface area contributed by atoms with Gasteiger partial charge in [-0.2, -0.15) is 0 Å². The lowest BCUT2D eigenvalue weighted by Gasteiger charge is -2.34. The molecule has 0 bridgehead atoms. The van der Waals surface area contributed by atoms with Gasteiger partial charge in [0.1, 0.15) is 0 Å². The lowest BCUT2D eigenvalue weighted by molar-refractivity contribution is -0.138. The van der Waals surface area contributed by atoms with E-state index in [2.05, 4.69) is 26.2 Å². The van der Waals surface area contributed by atoms with Crippen LogP contribution in [0.1, 0.15) is 72.1 Å². The molecule has 2 aromatic rings. The molecule has 0 spiro atoms. The van der Waals surface area contributed by atoms with Gasteiger partial charge >= 0.3 is 11.9 Å². The van der Waals surface area contributed by atoms with Crippen LogP contribution in [0.5, 0.6) is 0 Å². The third-order valence-electron chi connectivity index (χ3n) is 6.81. The van der Waals surface area contributed by atoms with E-state index in [1.165, 1.54) is 0 Å². The van der Waals surface area contributed by atoms with Crippen LogP contribution in [0.2, 0.25) is 38.3 Å². The SMILES string of the molecule is C[Si](C)(CCCCCCOC(=O)C(=O)c1ccccc1)O[Si](C)(C)CCCCCCOC(=O)C(=O)c1ccccc1. The van der Waals surface area contributed by atoms with Crippen molar-refractivity contribution in [2.75, 3.05) is 13.2 Å². The number of esters is 2. The molecule has 0 saturated carbocycles. The second-order valence-corrected chi connectivity index (χ2v) is 20.5. The molecule has 0 radical (unpaired) electrons. The molecule has 0 N–H and O–H groups in total. The molecule has 0 amide bonds. The summed E-state index contributed by atoms with van der Waals surface area (Å²) in [6.07, 6.45) is 7.68. The van der Waals surface area contributed by atoms with Crippen molar-refractivity contribution in [1.29, 1.82) is 0 Å². The molecular weight excluding hydrogens is 553 g/mol. The van der Waals surface area contributed by atoms with Gasteiger partial charge in [0.15, 0.2) is 16.6 Å². The van der Waals surface area contributed by atoms with Gasteiger partial charge in [-0.3, -0.25) is 9.59 Å². The van der Waals surface area contributed by atoms with Crippen molar-refractivity contribution in [3.05, 3.63) is 71.8 Å². The molecule has 0 atom stereocenters. The summed E-state index contributed by atoms with van der Waals surface area (Å²) < 4.78 is 17.0. The highest BCUT2D eigenvalue weighted by atomic mass is 28.4. The molecule has 224 valence electrons. The highest BCUT2D eigenvalue weighted by Gasteiger charge is 2.32. The summed E-state index contributed by atoms with van der Waals surface area (Å²) >= 11 is 0. The minimum absolute atomic E-state index is 0.267. The average Bonchev–Trinajstić information content (AvgIpc) is 2.95. The quantitative estimate of drug-likeness (QED) is 0.0516. The summed E-state index contributed by atoms with van der Waals surface area (Å²) in [6.45, 7) is 9.72. The summed E-state index contributed by atoms with van der Waals surface area (Å²) in [5, 5.41) is 0. The molecule has 0 aliphatic carbocycles. The van der Waals surface area contributed by atoms with Gasteiger partial charge in [-0.1, -0.05) is 99.2 Å². The number of benzene rings is 2. The van der Waals surface area contributed by atoms with E-state index in [-0.39, 0.29) is 13.2 Å². The molecular formula is C32H46O7Si2. The van der Waals surface area contributed by atoms with Crippen molar-refractivity contribution < 1.29 is 32.8 Å². The van der Waals surface area contributed by atoms with Crippen molar-refractivity contribution in [3.63, 3.8) is 0 Å². The van der Waals surface area contributed by atoms with Gasteiger partial charge in [-0.15, -0.1) is 0 Å². The zero-order chi connectivity index (χ0) is 30.1. The Labute approximate surface area is 247 Å². The number of rotatable bonds is 20. The Morgan fingerprint density at radius 3 is 1.22 bits per heavy atom. The van der Waals surface area contributed by atoms with Gasteiger partial charge in [0.25, 0.3) is 11.6 Å². The Morgan fingerprint density at radius 2 is 0.854 bits per heavy atom. The Hall–Kier alpha value is -2.89. The van der Waals surface area contributed by atoms with Crippen LogP contribution in [0, 0.1) is 0 Å². The Bertz CT molecular complexity index is 1010. The summed E-state index contributed by atoms with van der Waals surface area (Å²) in [5.74, 6) is -2.77. The second-order valence-electron chi connectivity index (χ2n) is 11.6. The smallest absolute Gasteiger partial charge is 0.379 e. The van der Waals surface area contributed by atoms with E-state index in [1.807, 2.05) is 0 Å². The van der Waals surface area contributed by atoms with Gasteiger partial charge in [-0.05, 0) is 51.1 Å². The average molecular weight is 599 g/mol. The summed E-state index contributed by atoms with van der Waals surface area (Å²) in [6, 6.07) is 19.1. The summed E-state index contributed by atoms with van der Waals surface area (Å²) in [7, 11) is -3.54. The van der Waals surface area contributed by atoms with Gasteiger partial charge in [0.05, 0.1) is 13.2 Å². The number of unbranched alkanes of at least 4 members (excludes halogenated alkanes) is 6. The van der Waals surface area contributed by atoms with E-state index < -0.39 is 40.1 Å². The first kappa shape index (κ1) is 34.3. The van der Waals surface area contributed by atoms with Crippen LogP contribution in [0.3, 0.4) is 0 Å². The van der Waals surface area contributed by atoms with E-state index in [9.17, 15) is 19.2 Å². The van der Waals surface area contributed by atoms with Crippen molar-refractivity contribution in [3.8, 4) is 0 Å². The van der Waals surface area contributed by atoms with Gasteiger partial charge < -0.3 is 13.6 Å². The minimum Gasteiger partial charge on any atom is -0.460 e. The van der Waals surface area contributed by atoms with E-state index in [4.69, 9.17) is 13.6 Å². The van der Waals surface area contributed by atoms with Crippen LogP contribution in [-0.2, 0) is 23.2 Å². The van der Waals surface area contributed by atoms with Crippen LogP contribution in [0.25, 0.3) is 0 Å². The Kier molecular flexibility index (Phi) is 14.9. The normalized spacial score (nSPS) is 11.6. The fraction of sp³-hybridized carbons (Fsp3) is 0.500. The maximum absolute atomic E-state index is 12.0. The maximum atomic E-state index is 12.0. The fourth-order valence-corrected chi connectivity index (χ4v) is 13.7. The number of carbonyl (C=O) groups is 4. The molecule has 41 heavy (non-hydrogen) atoms. The molecule has 0 heterocycles. The Balaban J connectivity index is 1.50. The number of Topliss-reactive ketones (excluding diaryl/α,β-unsaturated/α-hetero) is 2. The van der Waals surface area contributed by atoms with E-state index >= 15 is 0 Å². The van der Waals surface area contributed by atoms with Gasteiger partial charge in [0, 0.05) is 11.1 Å². The highest BCUT2D eigenvalue weighted by Crippen LogP contribution is 2.25. The van der Waals surface area contributed by atoms with E-state index in [0.717, 1.165) is 63.5 Å². The third-order valence-corrected chi connectivity index (χ3v) is 14.3. The van der Waals surface area contributed by atoms with Gasteiger partial charge in [-0.25, -0.2) is 9.59 Å². The van der Waals surface area contributed by atoms with Crippen LogP contribution in [-0.4, -0.2) is 53.4 Å². The third kappa shape index (κ3) is 14.0. The first-order valence-corrected chi connectivity index (χ1v) is 21.0. The van der Waals surface area contributed by atoms with Crippen molar-refractivity contribution >= 4 is 40.1 Å². The standard InChI is InChI=1S/C32H46O7Si2/c1-40(2,25-17-7-5-15-23-37-31(35)29(33)27-19-11-9-12-20-27)39-41(3,4)26-18-8-6-16-24-38-32(36)30(34)28-21-13-10-14-22-28/h9-14,19-22H,5-8,15-18,23-26H2,1-4H3.